The predicted molar refractivity (Wildman–Crippen MR) is 157 cm³/mol. The van der Waals surface area contributed by atoms with Gasteiger partial charge in [-0.25, -0.2) is 14.0 Å². The van der Waals surface area contributed by atoms with Gasteiger partial charge in [0.15, 0.2) is 0 Å². The maximum absolute atomic E-state index is 14.0. The van der Waals surface area contributed by atoms with E-state index in [1.165, 1.54) is 12.1 Å². The molecule has 2 aromatic rings. The van der Waals surface area contributed by atoms with Crippen LogP contribution in [-0.2, 0) is 23.5 Å². The lowest BCUT2D eigenvalue weighted by atomic mass is 9.88. The highest BCUT2D eigenvalue weighted by molar-refractivity contribution is 5.75. The maximum Gasteiger partial charge on any atom is 0.416 e. The first-order valence-electron chi connectivity index (χ1n) is 15.1. The van der Waals surface area contributed by atoms with Gasteiger partial charge >= 0.3 is 24.5 Å². The van der Waals surface area contributed by atoms with Crippen LogP contribution in [0.25, 0.3) is 0 Å². The third-order valence-electron chi connectivity index (χ3n) is 8.25. The molecule has 0 aromatic heterocycles. The van der Waals surface area contributed by atoms with Crippen molar-refractivity contribution >= 4 is 12.1 Å². The van der Waals surface area contributed by atoms with E-state index in [9.17, 15) is 40.3 Å². The molecule has 0 aliphatic carbocycles. The Kier molecular flexibility index (Phi) is 10.5. The van der Waals surface area contributed by atoms with Gasteiger partial charge in [0.2, 0.25) is 0 Å². The molecule has 2 aliphatic heterocycles. The lowest BCUT2D eigenvalue weighted by Gasteiger charge is -2.46. The van der Waals surface area contributed by atoms with Crippen LogP contribution in [0.5, 0.6) is 0 Å². The highest BCUT2D eigenvalue weighted by Crippen LogP contribution is 2.37. The number of nitrogens with zero attached hydrogens (tertiary/aromatic N) is 3. The number of hydrogen-bond donors (Lipinski definition) is 1. The van der Waals surface area contributed by atoms with Crippen molar-refractivity contribution in [1.29, 1.82) is 0 Å². The zero-order valence-electron chi connectivity index (χ0n) is 26.2. The summed E-state index contributed by atoms with van der Waals surface area (Å²) in [5.41, 5.74) is -2.27. The molecule has 0 spiro atoms. The van der Waals surface area contributed by atoms with Crippen LogP contribution in [0.15, 0.2) is 36.4 Å². The third kappa shape index (κ3) is 9.04. The van der Waals surface area contributed by atoms with Gasteiger partial charge in [-0.3, -0.25) is 4.90 Å². The number of benzene rings is 2. The van der Waals surface area contributed by atoms with Crippen molar-refractivity contribution < 1.29 is 45.1 Å². The van der Waals surface area contributed by atoms with E-state index in [1.54, 1.807) is 43.6 Å². The number of hydrogen-bond acceptors (Lipinski definition) is 4. The number of amides is 3. The van der Waals surface area contributed by atoms with Gasteiger partial charge < -0.3 is 19.9 Å². The Morgan fingerprint density at radius 2 is 1.50 bits per heavy atom. The molecule has 2 aliphatic rings. The number of aryl methyl sites for hydroxylation is 1. The van der Waals surface area contributed by atoms with Crippen molar-refractivity contribution in [2.24, 2.45) is 0 Å². The molecule has 3 amide bonds. The number of nitrogens with one attached hydrogen (secondary N) is 1. The molecule has 4 rings (SSSR count). The first-order valence-corrected chi connectivity index (χ1v) is 15.1. The molecule has 2 heterocycles. The second-order valence-electron chi connectivity index (χ2n) is 12.8. The third-order valence-corrected chi connectivity index (χ3v) is 8.25. The highest BCUT2D eigenvalue weighted by atomic mass is 19.4. The quantitative estimate of drug-likeness (QED) is 0.345. The van der Waals surface area contributed by atoms with Gasteiger partial charge in [-0.2, -0.15) is 26.3 Å². The summed E-state index contributed by atoms with van der Waals surface area (Å²) in [5.74, 6) is -0.429. The van der Waals surface area contributed by atoms with Crippen LogP contribution < -0.4 is 5.32 Å². The van der Waals surface area contributed by atoms with Gasteiger partial charge in [-0.1, -0.05) is 6.07 Å². The summed E-state index contributed by atoms with van der Waals surface area (Å²) in [6.07, 6.45) is -9.46. The van der Waals surface area contributed by atoms with E-state index in [1.807, 2.05) is 0 Å². The fraction of sp³-hybridized carbons (Fsp3) is 0.562. The van der Waals surface area contributed by atoms with Crippen molar-refractivity contribution in [2.75, 3.05) is 39.3 Å². The zero-order chi connectivity index (χ0) is 34.0. The van der Waals surface area contributed by atoms with Crippen LogP contribution >= 0.6 is 0 Å². The summed E-state index contributed by atoms with van der Waals surface area (Å²) in [6.45, 7) is 9.41. The minimum atomic E-state index is -4.97. The number of alkyl halides is 6. The molecule has 254 valence electrons. The largest absolute Gasteiger partial charge is 0.444 e. The molecule has 1 unspecified atom stereocenters. The number of urea groups is 1. The van der Waals surface area contributed by atoms with Gasteiger partial charge in [-0.15, -0.1) is 0 Å². The van der Waals surface area contributed by atoms with Crippen LogP contribution in [-0.4, -0.2) is 77.7 Å². The topological polar surface area (TPSA) is 65.1 Å². The van der Waals surface area contributed by atoms with Crippen LogP contribution in [0.1, 0.15) is 67.5 Å². The molecule has 0 radical (unpaired) electrons. The Bertz CT molecular complexity index is 1370. The molecule has 2 fully saturated rings. The Balaban J connectivity index is 1.45. The summed E-state index contributed by atoms with van der Waals surface area (Å²) in [4.78, 5) is 31.4. The summed E-state index contributed by atoms with van der Waals surface area (Å²) in [5, 5.41) is 2.66. The van der Waals surface area contributed by atoms with Crippen LogP contribution in [0.4, 0.5) is 40.3 Å². The number of halogens is 7. The fourth-order valence-electron chi connectivity index (χ4n) is 6.00. The van der Waals surface area contributed by atoms with Crippen molar-refractivity contribution in [2.45, 2.75) is 77.0 Å². The molecule has 2 saturated heterocycles. The number of carbonyl (C=O) groups is 2. The molecule has 2 atom stereocenters. The lowest BCUT2D eigenvalue weighted by molar-refractivity contribution is -0.143. The molecule has 1 N–H and O–H groups in total. The van der Waals surface area contributed by atoms with E-state index in [0.29, 0.717) is 63.3 Å². The average Bonchev–Trinajstić information content (AvgIpc) is 2.95. The molecule has 0 bridgehead atoms. The van der Waals surface area contributed by atoms with E-state index < -0.39 is 47.0 Å². The molecule has 14 heteroatoms. The van der Waals surface area contributed by atoms with Crippen molar-refractivity contribution in [1.82, 2.24) is 20.0 Å². The lowest BCUT2D eigenvalue weighted by Crippen LogP contribution is -2.56. The van der Waals surface area contributed by atoms with Gasteiger partial charge in [-0.05, 0) is 94.0 Å². The molecular weight excluding hydrogens is 621 g/mol. The molecule has 46 heavy (non-hydrogen) atoms. The predicted octanol–water partition coefficient (Wildman–Crippen LogP) is 7.18. The van der Waals surface area contributed by atoms with E-state index in [2.05, 4.69) is 10.2 Å². The molecule has 0 saturated carbocycles. The van der Waals surface area contributed by atoms with E-state index >= 15 is 0 Å². The molecular formula is C32H39F7N4O3. The first kappa shape index (κ1) is 35.3. The smallest absolute Gasteiger partial charge is 0.416 e. The number of carbonyl (C=O) groups excluding carboxylic acids is 2. The van der Waals surface area contributed by atoms with E-state index in [4.69, 9.17) is 4.74 Å². The van der Waals surface area contributed by atoms with Crippen molar-refractivity contribution in [3.63, 3.8) is 0 Å². The minimum absolute atomic E-state index is 0.0465. The summed E-state index contributed by atoms with van der Waals surface area (Å²) in [6, 6.07) is 4.75. The van der Waals surface area contributed by atoms with Crippen molar-refractivity contribution in [3.8, 4) is 0 Å². The van der Waals surface area contributed by atoms with Crippen LogP contribution in [0, 0.1) is 12.7 Å². The normalized spacial score (nSPS) is 20.1. The Morgan fingerprint density at radius 3 is 2.04 bits per heavy atom. The van der Waals surface area contributed by atoms with Gasteiger partial charge in [0.1, 0.15) is 11.4 Å². The monoisotopic (exact) mass is 660 g/mol. The number of likely N-dealkylation sites (tertiary alicyclic amines) is 1. The van der Waals surface area contributed by atoms with Crippen LogP contribution in [0.3, 0.4) is 0 Å². The Morgan fingerprint density at radius 1 is 0.891 bits per heavy atom. The first-order chi connectivity index (χ1) is 21.3. The fourth-order valence-corrected chi connectivity index (χ4v) is 6.00. The van der Waals surface area contributed by atoms with Gasteiger partial charge in [0.05, 0.1) is 17.2 Å². The van der Waals surface area contributed by atoms with Gasteiger partial charge in [0.25, 0.3) is 0 Å². The summed E-state index contributed by atoms with van der Waals surface area (Å²) in [7, 11) is 0. The number of rotatable bonds is 5. The summed E-state index contributed by atoms with van der Waals surface area (Å²) >= 11 is 0. The standard InChI is InChI=1S/C32H39F7N4O3/c1-20-15-24(33)5-6-26(20)27-19-25(41-11-13-42(14-12-41)29(45)46-30(2,3)4)8-10-43(27)28(44)40-9-7-21-16-22(31(34,35)36)18-23(17-21)32(37,38)39/h5-6,15-18,25,27H,7-14,19H2,1-4H3,(H,40,44)/t25?,27-/m1/s1. The number of ether oxygens (including phenoxy) is 1. The summed E-state index contributed by atoms with van der Waals surface area (Å²) < 4.78 is 99.1. The van der Waals surface area contributed by atoms with E-state index in [0.717, 1.165) is 5.56 Å². The Hall–Kier alpha value is -3.55. The zero-order valence-corrected chi connectivity index (χ0v) is 26.2. The van der Waals surface area contributed by atoms with Crippen molar-refractivity contribution in [3.05, 3.63) is 70.0 Å². The average molecular weight is 661 g/mol. The van der Waals surface area contributed by atoms with Gasteiger partial charge in [0, 0.05) is 45.3 Å². The van der Waals surface area contributed by atoms with E-state index in [-0.39, 0.29) is 36.7 Å². The second kappa shape index (κ2) is 13.7. The van der Waals surface area contributed by atoms with Crippen LogP contribution in [0.2, 0.25) is 0 Å². The number of piperidine rings is 1. The number of piperazine rings is 1. The maximum atomic E-state index is 14.0. The Labute approximate surface area is 263 Å². The molecule has 2 aromatic carbocycles. The SMILES string of the molecule is Cc1cc(F)ccc1[C@H]1CC(N2CCN(C(=O)OC(C)(C)C)CC2)CCN1C(=O)NCCc1cc(C(F)(F)F)cc(C(F)(F)F)c1. The highest BCUT2D eigenvalue weighted by Gasteiger charge is 2.39. The minimum Gasteiger partial charge on any atom is -0.444 e. The molecule has 7 nitrogen and oxygen atoms in total. The second-order valence-corrected chi connectivity index (χ2v) is 12.8.